The van der Waals surface area contributed by atoms with Crippen LogP contribution in [-0.2, 0) is 13.0 Å². The van der Waals surface area contributed by atoms with Gasteiger partial charge in [0, 0.05) is 29.4 Å². The molecule has 1 atom stereocenters. The van der Waals surface area contributed by atoms with Crippen molar-refractivity contribution in [2.24, 2.45) is 5.41 Å². The van der Waals surface area contributed by atoms with Gasteiger partial charge in [0.25, 0.3) is 0 Å². The number of H-pyrrole nitrogens is 1. The van der Waals surface area contributed by atoms with Crippen molar-refractivity contribution in [2.75, 3.05) is 0 Å². The van der Waals surface area contributed by atoms with Crippen LogP contribution in [0.3, 0.4) is 0 Å². The first-order valence-corrected chi connectivity index (χ1v) is 10.6. The third kappa shape index (κ3) is 3.91. The summed E-state index contributed by atoms with van der Waals surface area (Å²) in [6, 6.07) is 17.0. The third-order valence-electron chi connectivity index (χ3n) is 6.05. The maximum Gasteiger partial charge on any atom is 0.125 e. The van der Waals surface area contributed by atoms with Crippen molar-refractivity contribution in [1.82, 2.24) is 25.3 Å². The van der Waals surface area contributed by atoms with Crippen LogP contribution in [0.4, 0.5) is 4.39 Å². The van der Waals surface area contributed by atoms with Crippen molar-refractivity contribution in [2.45, 2.75) is 39.3 Å². The summed E-state index contributed by atoms with van der Waals surface area (Å²) in [6.07, 6.45) is 5.73. The normalized spacial score (nSPS) is 17.5. The highest BCUT2D eigenvalue weighted by Crippen LogP contribution is 2.41. The van der Waals surface area contributed by atoms with Crippen molar-refractivity contribution in [1.29, 1.82) is 0 Å². The molecule has 2 aromatic carbocycles. The lowest BCUT2D eigenvalue weighted by molar-refractivity contribution is 0.253. The molecule has 2 N–H and O–H groups in total. The Morgan fingerprint density at radius 1 is 1.13 bits per heavy atom. The van der Waals surface area contributed by atoms with Gasteiger partial charge >= 0.3 is 0 Å². The van der Waals surface area contributed by atoms with Gasteiger partial charge in [-0.2, -0.15) is 10.2 Å². The topological polar surface area (TPSA) is 58.5 Å². The van der Waals surface area contributed by atoms with E-state index >= 15 is 0 Å². The van der Waals surface area contributed by atoms with E-state index in [1.54, 1.807) is 6.07 Å². The molecule has 0 radical (unpaired) electrons. The summed E-state index contributed by atoms with van der Waals surface area (Å²) >= 11 is 0. The van der Waals surface area contributed by atoms with Gasteiger partial charge in [0.1, 0.15) is 5.82 Å². The van der Waals surface area contributed by atoms with Gasteiger partial charge in [0.2, 0.25) is 0 Å². The highest BCUT2D eigenvalue weighted by Gasteiger charge is 2.35. The molecule has 31 heavy (non-hydrogen) atoms. The number of nitrogens with zero attached hydrogens (tertiary/aromatic N) is 3. The lowest BCUT2D eigenvalue weighted by atomic mass is 9.74. The van der Waals surface area contributed by atoms with Crippen molar-refractivity contribution in [3.63, 3.8) is 0 Å². The van der Waals surface area contributed by atoms with Crippen LogP contribution in [0.5, 0.6) is 0 Å². The molecule has 2 aromatic heterocycles. The smallest absolute Gasteiger partial charge is 0.125 e. The molecule has 0 spiro atoms. The average Bonchev–Trinajstić information content (AvgIpc) is 3.39. The average molecular weight is 416 g/mol. The van der Waals surface area contributed by atoms with Crippen LogP contribution < -0.4 is 5.32 Å². The van der Waals surface area contributed by atoms with E-state index in [2.05, 4.69) is 46.6 Å². The first-order valence-electron chi connectivity index (χ1n) is 10.6. The van der Waals surface area contributed by atoms with Crippen LogP contribution >= 0.6 is 0 Å². The lowest BCUT2D eigenvalue weighted by Crippen LogP contribution is -2.33. The Morgan fingerprint density at radius 3 is 2.77 bits per heavy atom. The zero-order valence-corrected chi connectivity index (χ0v) is 17.8. The zero-order chi connectivity index (χ0) is 21.4. The van der Waals surface area contributed by atoms with Gasteiger partial charge in [-0.3, -0.25) is 5.10 Å². The van der Waals surface area contributed by atoms with Gasteiger partial charge in [-0.05, 0) is 42.0 Å². The second-order valence-corrected chi connectivity index (χ2v) is 9.05. The third-order valence-corrected chi connectivity index (χ3v) is 6.05. The molecule has 0 bridgehead atoms. The van der Waals surface area contributed by atoms with E-state index in [1.165, 1.54) is 17.7 Å². The van der Waals surface area contributed by atoms with Crippen molar-refractivity contribution in [3.05, 3.63) is 89.6 Å². The number of nitrogens with one attached hydrogen (secondary N) is 2. The summed E-state index contributed by atoms with van der Waals surface area (Å²) in [5.41, 5.74) is 6.50. The molecule has 5 rings (SSSR count). The predicted octanol–water partition coefficient (Wildman–Crippen LogP) is 5.20. The fourth-order valence-corrected chi connectivity index (χ4v) is 4.59. The minimum atomic E-state index is -0.250. The molecule has 5 nitrogen and oxygen atoms in total. The van der Waals surface area contributed by atoms with E-state index in [1.807, 2.05) is 41.3 Å². The van der Waals surface area contributed by atoms with Crippen molar-refractivity contribution < 1.29 is 4.39 Å². The largest absolute Gasteiger partial charge is 0.306 e. The Kier molecular flexibility index (Phi) is 4.94. The van der Waals surface area contributed by atoms with E-state index in [0.717, 1.165) is 41.0 Å². The van der Waals surface area contributed by atoms with Gasteiger partial charge in [-0.1, -0.05) is 50.2 Å². The fourth-order valence-electron chi connectivity index (χ4n) is 4.59. The predicted molar refractivity (Wildman–Crippen MR) is 119 cm³/mol. The minimum absolute atomic E-state index is 0.106. The molecule has 0 saturated carbocycles. The summed E-state index contributed by atoms with van der Waals surface area (Å²) in [4.78, 5) is 0. The Balaban J connectivity index is 1.43. The molecule has 1 aliphatic carbocycles. The van der Waals surface area contributed by atoms with Crippen molar-refractivity contribution >= 4 is 0 Å². The van der Waals surface area contributed by atoms with E-state index in [4.69, 9.17) is 0 Å². The molecule has 0 amide bonds. The highest BCUT2D eigenvalue weighted by atomic mass is 19.1. The molecule has 1 aliphatic rings. The molecule has 2 heterocycles. The van der Waals surface area contributed by atoms with Gasteiger partial charge in [0.15, 0.2) is 0 Å². The van der Waals surface area contributed by atoms with Crippen molar-refractivity contribution in [3.8, 4) is 16.9 Å². The summed E-state index contributed by atoms with van der Waals surface area (Å²) in [7, 11) is 0. The Morgan fingerprint density at radius 2 is 1.97 bits per heavy atom. The van der Waals surface area contributed by atoms with Crippen LogP contribution in [0, 0.1) is 11.2 Å². The number of aromatic amines is 1. The highest BCUT2D eigenvalue weighted by molar-refractivity contribution is 5.62. The Labute approximate surface area is 181 Å². The van der Waals surface area contributed by atoms with E-state index in [0.29, 0.717) is 6.54 Å². The maximum absolute atomic E-state index is 13.8. The fraction of sp³-hybridized carbons (Fsp3) is 0.280. The van der Waals surface area contributed by atoms with Crippen LogP contribution in [0.2, 0.25) is 0 Å². The Hall–Kier alpha value is -3.25. The molecular weight excluding hydrogens is 389 g/mol. The molecule has 158 valence electrons. The van der Waals surface area contributed by atoms with Crippen LogP contribution in [-0.4, -0.2) is 20.0 Å². The van der Waals surface area contributed by atoms with Gasteiger partial charge < -0.3 is 5.32 Å². The molecule has 4 aromatic rings. The molecular formula is C25H26FN5. The first kappa shape index (κ1) is 19.7. The number of hydrogen-bond acceptors (Lipinski definition) is 3. The minimum Gasteiger partial charge on any atom is -0.306 e. The lowest BCUT2D eigenvalue weighted by Gasteiger charge is -2.36. The Bertz CT molecular complexity index is 1190. The number of benzene rings is 2. The number of hydrogen-bond donors (Lipinski definition) is 2. The first-order chi connectivity index (χ1) is 15.0. The quantitative estimate of drug-likeness (QED) is 0.471. The monoisotopic (exact) mass is 415 g/mol. The van der Waals surface area contributed by atoms with Gasteiger partial charge in [-0.15, -0.1) is 0 Å². The van der Waals surface area contributed by atoms with Crippen LogP contribution in [0.1, 0.15) is 43.1 Å². The standard InChI is InChI=1S/C25H26FN5/c1-25(2)12-22(27-14-18-15-28-30-24(18)17-7-4-3-5-8-17)21-16-29-31(23(21)13-25)20-10-6-9-19(26)11-20/h3-11,15-16,22,27H,12-14H2,1-2H3,(H,28,30). The van der Waals surface area contributed by atoms with E-state index in [-0.39, 0.29) is 17.3 Å². The van der Waals surface area contributed by atoms with E-state index in [9.17, 15) is 4.39 Å². The van der Waals surface area contributed by atoms with Crippen LogP contribution in [0.25, 0.3) is 16.9 Å². The maximum atomic E-state index is 13.8. The van der Waals surface area contributed by atoms with Crippen LogP contribution in [0.15, 0.2) is 67.0 Å². The van der Waals surface area contributed by atoms with E-state index < -0.39 is 0 Å². The number of rotatable bonds is 5. The molecule has 1 unspecified atom stereocenters. The summed E-state index contributed by atoms with van der Waals surface area (Å²) < 4.78 is 15.7. The summed E-state index contributed by atoms with van der Waals surface area (Å²) in [6.45, 7) is 5.26. The second kappa shape index (κ2) is 7.78. The molecule has 0 fully saturated rings. The summed E-state index contributed by atoms with van der Waals surface area (Å²) in [5, 5.41) is 15.8. The SMILES string of the molecule is CC1(C)Cc2c(cnn2-c2cccc(F)c2)C(NCc2cn[nH]c2-c2ccccc2)C1. The number of fused-ring (bicyclic) bond motifs is 1. The number of aromatic nitrogens is 4. The zero-order valence-electron chi connectivity index (χ0n) is 17.8. The second-order valence-electron chi connectivity index (χ2n) is 9.05. The summed E-state index contributed by atoms with van der Waals surface area (Å²) in [5.74, 6) is -0.250. The number of halogens is 1. The van der Waals surface area contributed by atoms with Gasteiger partial charge in [-0.25, -0.2) is 9.07 Å². The van der Waals surface area contributed by atoms with Gasteiger partial charge in [0.05, 0.1) is 23.8 Å². The molecule has 0 aliphatic heterocycles. The molecule has 0 saturated heterocycles. The molecule has 6 heteroatoms.